The SMILES string of the molecule is CC(C)(C)OC(=O)N1[C@H](c2cc(CO)on2)COC1(C)C. The van der Waals surface area contributed by atoms with Crippen LogP contribution in [0.5, 0.6) is 0 Å². The maximum Gasteiger partial charge on any atom is 0.413 e. The number of rotatable bonds is 2. The monoisotopic (exact) mass is 298 g/mol. The van der Waals surface area contributed by atoms with Crippen LogP contribution in [0.1, 0.15) is 52.1 Å². The molecule has 1 saturated heterocycles. The van der Waals surface area contributed by atoms with Crippen LogP contribution >= 0.6 is 0 Å². The number of hydrogen-bond donors (Lipinski definition) is 1. The van der Waals surface area contributed by atoms with Gasteiger partial charge >= 0.3 is 6.09 Å². The summed E-state index contributed by atoms with van der Waals surface area (Å²) < 4.78 is 16.1. The molecule has 1 aliphatic rings. The van der Waals surface area contributed by atoms with E-state index in [1.165, 1.54) is 4.90 Å². The van der Waals surface area contributed by atoms with E-state index in [1.807, 2.05) is 20.8 Å². The van der Waals surface area contributed by atoms with Gasteiger partial charge in [0, 0.05) is 6.07 Å². The van der Waals surface area contributed by atoms with Crippen molar-refractivity contribution < 1.29 is 23.9 Å². The first-order chi connectivity index (χ1) is 9.64. The molecule has 0 spiro atoms. The molecular formula is C14H22N2O5. The lowest BCUT2D eigenvalue weighted by molar-refractivity contribution is -0.0628. The minimum absolute atomic E-state index is 0.240. The molecule has 7 nitrogen and oxygen atoms in total. The third kappa shape index (κ3) is 3.36. The molecule has 1 atom stereocenters. The Balaban J connectivity index is 2.26. The van der Waals surface area contributed by atoms with Gasteiger partial charge in [0.05, 0.1) is 6.61 Å². The van der Waals surface area contributed by atoms with Crippen molar-refractivity contribution >= 4 is 6.09 Å². The Hall–Kier alpha value is -1.60. The van der Waals surface area contributed by atoms with Crippen molar-refractivity contribution in [1.29, 1.82) is 0 Å². The normalized spacial score (nSPS) is 21.6. The average Bonchev–Trinajstić information content (AvgIpc) is 2.90. The van der Waals surface area contributed by atoms with Gasteiger partial charge in [-0.05, 0) is 34.6 Å². The van der Waals surface area contributed by atoms with Gasteiger partial charge in [0.1, 0.15) is 29.7 Å². The zero-order valence-corrected chi connectivity index (χ0v) is 13.0. The van der Waals surface area contributed by atoms with Gasteiger partial charge in [0.25, 0.3) is 0 Å². The van der Waals surface area contributed by atoms with Crippen LogP contribution in [0.2, 0.25) is 0 Å². The molecule has 21 heavy (non-hydrogen) atoms. The molecule has 1 N–H and O–H groups in total. The summed E-state index contributed by atoms with van der Waals surface area (Å²) >= 11 is 0. The maximum atomic E-state index is 12.5. The van der Waals surface area contributed by atoms with Crippen LogP contribution in [0, 0.1) is 0 Å². The van der Waals surface area contributed by atoms with E-state index in [0.29, 0.717) is 18.1 Å². The van der Waals surface area contributed by atoms with Crippen molar-refractivity contribution in [3.63, 3.8) is 0 Å². The zero-order chi connectivity index (χ0) is 15.8. The molecule has 1 aromatic rings. The second-order valence-electron chi connectivity index (χ2n) is 6.50. The van der Waals surface area contributed by atoms with E-state index in [4.69, 9.17) is 19.1 Å². The Morgan fingerprint density at radius 1 is 1.57 bits per heavy atom. The highest BCUT2D eigenvalue weighted by atomic mass is 16.6. The lowest BCUT2D eigenvalue weighted by Crippen LogP contribution is -2.47. The fraction of sp³-hybridized carbons (Fsp3) is 0.714. The maximum absolute atomic E-state index is 12.5. The number of aromatic nitrogens is 1. The fourth-order valence-corrected chi connectivity index (χ4v) is 2.24. The van der Waals surface area contributed by atoms with Gasteiger partial charge in [-0.15, -0.1) is 0 Å². The number of carbonyl (C=O) groups is 1. The van der Waals surface area contributed by atoms with Crippen LogP contribution in [0.15, 0.2) is 10.6 Å². The smallest absolute Gasteiger partial charge is 0.413 e. The van der Waals surface area contributed by atoms with Crippen molar-refractivity contribution in [2.45, 2.75) is 58.6 Å². The minimum Gasteiger partial charge on any atom is -0.444 e. The lowest BCUT2D eigenvalue weighted by Gasteiger charge is -2.34. The molecule has 0 aromatic carbocycles. The van der Waals surface area contributed by atoms with Crippen LogP contribution in [-0.4, -0.2) is 39.2 Å². The third-order valence-corrected chi connectivity index (χ3v) is 3.15. The highest BCUT2D eigenvalue weighted by molar-refractivity contribution is 5.70. The van der Waals surface area contributed by atoms with Gasteiger partial charge in [-0.1, -0.05) is 5.16 Å². The first-order valence-corrected chi connectivity index (χ1v) is 6.86. The summed E-state index contributed by atoms with van der Waals surface area (Å²) in [6.07, 6.45) is -0.469. The molecule has 0 radical (unpaired) electrons. The van der Waals surface area contributed by atoms with E-state index >= 15 is 0 Å². The average molecular weight is 298 g/mol. The van der Waals surface area contributed by atoms with E-state index in [9.17, 15) is 4.79 Å². The van der Waals surface area contributed by atoms with Gasteiger partial charge in [0.15, 0.2) is 5.76 Å². The summed E-state index contributed by atoms with van der Waals surface area (Å²) in [5, 5.41) is 13.0. The number of hydrogen-bond acceptors (Lipinski definition) is 6. The molecule has 118 valence electrons. The van der Waals surface area contributed by atoms with Crippen molar-refractivity contribution in [2.24, 2.45) is 0 Å². The predicted octanol–water partition coefficient (Wildman–Crippen LogP) is 2.21. The highest BCUT2D eigenvalue weighted by Crippen LogP contribution is 2.37. The fourth-order valence-electron chi connectivity index (χ4n) is 2.24. The third-order valence-electron chi connectivity index (χ3n) is 3.15. The van der Waals surface area contributed by atoms with Gasteiger partial charge in [-0.3, -0.25) is 4.90 Å². The van der Waals surface area contributed by atoms with E-state index in [2.05, 4.69) is 5.16 Å². The topological polar surface area (TPSA) is 85.0 Å². The Bertz CT molecular complexity index is 518. The summed E-state index contributed by atoms with van der Waals surface area (Å²) in [5.74, 6) is 0.346. The summed E-state index contributed by atoms with van der Waals surface area (Å²) in [7, 11) is 0. The lowest BCUT2D eigenvalue weighted by atomic mass is 10.1. The molecule has 0 bridgehead atoms. The quantitative estimate of drug-likeness (QED) is 0.901. The number of ether oxygens (including phenoxy) is 2. The Labute approximate surface area is 123 Å². The minimum atomic E-state index is -0.800. The van der Waals surface area contributed by atoms with Gasteiger partial charge in [-0.2, -0.15) is 0 Å². The molecule has 2 rings (SSSR count). The second-order valence-corrected chi connectivity index (χ2v) is 6.50. The summed E-state index contributed by atoms with van der Waals surface area (Å²) in [6, 6.07) is 1.21. The van der Waals surface area contributed by atoms with Gasteiger partial charge in [-0.25, -0.2) is 4.79 Å². The van der Waals surface area contributed by atoms with Gasteiger partial charge in [0.2, 0.25) is 0 Å². The van der Waals surface area contributed by atoms with E-state index in [0.717, 1.165) is 0 Å². The molecule has 1 aliphatic heterocycles. The summed E-state index contributed by atoms with van der Waals surface area (Å²) in [6.45, 7) is 9.07. The van der Waals surface area contributed by atoms with Crippen molar-refractivity contribution in [2.75, 3.05) is 6.61 Å². The van der Waals surface area contributed by atoms with Crippen LogP contribution in [-0.2, 0) is 16.1 Å². The van der Waals surface area contributed by atoms with Gasteiger partial charge < -0.3 is 19.1 Å². The largest absolute Gasteiger partial charge is 0.444 e. The summed E-state index contributed by atoms with van der Waals surface area (Å²) in [4.78, 5) is 14.0. The Morgan fingerprint density at radius 3 is 2.76 bits per heavy atom. The molecule has 0 saturated carbocycles. The second kappa shape index (κ2) is 5.31. The molecule has 0 aliphatic carbocycles. The van der Waals surface area contributed by atoms with E-state index in [1.54, 1.807) is 19.9 Å². The first-order valence-electron chi connectivity index (χ1n) is 6.86. The predicted molar refractivity (Wildman–Crippen MR) is 73.3 cm³/mol. The van der Waals surface area contributed by atoms with Crippen molar-refractivity contribution in [3.05, 3.63) is 17.5 Å². The molecule has 1 fully saturated rings. The number of amides is 1. The van der Waals surface area contributed by atoms with Crippen molar-refractivity contribution in [3.8, 4) is 0 Å². The molecule has 1 amide bonds. The van der Waals surface area contributed by atoms with E-state index < -0.39 is 23.5 Å². The standard InChI is InChI=1S/C14H22N2O5/c1-13(2,3)20-12(18)16-11(8-19-14(16,4)5)10-6-9(7-17)21-15-10/h6,11,17H,7-8H2,1-5H3/t11-/m0/s1. The number of carbonyl (C=O) groups excluding carboxylic acids is 1. The van der Waals surface area contributed by atoms with Crippen LogP contribution in [0.3, 0.4) is 0 Å². The molecule has 1 aromatic heterocycles. The molecule has 7 heteroatoms. The van der Waals surface area contributed by atoms with E-state index in [-0.39, 0.29) is 6.61 Å². The molecule has 2 heterocycles. The van der Waals surface area contributed by atoms with Crippen molar-refractivity contribution in [1.82, 2.24) is 10.1 Å². The Kier molecular flexibility index (Phi) is 3.99. The van der Waals surface area contributed by atoms with Crippen LogP contribution in [0.4, 0.5) is 4.79 Å². The van der Waals surface area contributed by atoms with Crippen LogP contribution < -0.4 is 0 Å². The molecular weight excluding hydrogens is 276 g/mol. The number of aliphatic hydroxyl groups excluding tert-OH is 1. The molecule has 0 unspecified atom stereocenters. The number of nitrogens with zero attached hydrogens (tertiary/aromatic N) is 2. The highest BCUT2D eigenvalue weighted by Gasteiger charge is 2.47. The summed E-state index contributed by atoms with van der Waals surface area (Å²) in [5.41, 5.74) is -0.860. The van der Waals surface area contributed by atoms with Crippen LogP contribution in [0.25, 0.3) is 0 Å². The number of aliphatic hydroxyl groups is 1. The first kappa shape index (κ1) is 15.8. The Morgan fingerprint density at radius 2 is 2.24 bits per heavy atom. The zero-order valence-electron chi connectivity index (χ0n) is 13.0.